The Hall–Kier alpha value is -1.89. The van der Waals surface area contributed by atoms with E-state index >= 15 is 0 Å². The number of hydrogen-bond donors (Lipinski definition) is 3. The van der Waals surface area contributed by atoms with Gasteiger partial charge in [0, 0.05) is 24.0 Å². The fraction of sp³-hybridized carbons (Fsp3) is 0.571. The van der Waals surface area contributed by atoms with Crippen molar-refractivity contribution < 1.29 is 19.7 Å². The molecule has 0 amide bonds. The van der Waals surface area contributed by atoms with Crippen LogP contribution < -0.4 is 5.32 Å². The van der Waals surface area contributed by atoms with E-state index in [1.165, 1.54) is 12.7 Å². The molecule has 1 aromatic carbocycles. The van der Waals surface area contributed by atoms with Crippen LogP contribution >= 0.6 is 0 Å². The largest absolute Gasteiger partial charge is 0.466 e. The Balaban J connectivity index is 1.70. The monoisotopic (exact) mass is 370 g/mol. The van der Waals surface area contributed by atoms with Gasteiger partial charge in [-0.1, -0.05) is 18.2 Å². The second kappa shape index (κ2) is 5.56. The molecule has 27 heavy (non-hydrogen) atoms. The van der Waals surface area contributed by atoms with Crippen molar-refractivity contribution in [1.29, 1.82) is 0 Å². The van der Waals surface area contributed by atoms with Gasteiger partial charge in [-0.2, -0.15) is 0 Å². The maximum atomic E-state index is 12.7. The van der Waals surface area contributed by atoms with E-state index in [-0.39, 0.29) is 23.3 Å². The summed E-state index contributed by atoms with van der Waals surface area (Å²) in [6.07, 6.45) is 1.13. The van der Waals surface area contributed by atoms with E-state index in [1.807, 2.05) is 6.07 Å². The molecule has 2 fully saturated rings. The summed E-state index contributed by atoms with van der Waals surface area (Å²) in [6, 6.07) is 8.51. The third kappa shape index (κ3) is 2.09. The molecular weight excluding hydrogens is 344 g/mol. The molecular formula is C21H26N2O4. The van der Waals surface area contributed by atoms with E-state index in [4.69, 9.17) is 4.74 Å². The first-order chi connectivity index (χ1) is 12.9. The van der Waals surface area contributed by atoms with Gasteiger partial charge in [0.05, 0.1) is 24.2 Å². The third-order valence-electron chi connectivity index (χ3n) is 7.32. The summed E-state index contributed by atoms with van der Waals surface area (Å²) < 4.78 is 5.12. The van der Waals surface area contributed by atoms with Crippen molar-refractivity contribution in [3.05, 3.63) is 41.1 Å². The second-order valence-electron chi connectivity index (χ2n) is 8.60. The van der Waals surface area contributed by atoms with Crippen LogP contribution in [0.4, 0.5) is 5.69 Å². The minimum absolute atomic E-state index is 0.0895. The molecule has 5 atom stereocenters. The summed E-state index contributed by atoms with van der Waals surface area (Å²) in [5.74, 6) is -0.209. The summed E-state index contributed by atoms with van der Waals surface area (Å²) >= 11 is 0. The van der Waals surface area contributed by atoms with Gasteiger partial charge in [0.1, 0.15) is 5.60 Å². The number of carbonyl (C=O) groups excluding carboxylic acids is 1. The van der Waals surface area contributed by atoms with Crippen LogP contribution in [0, 0.1) is 5.92 Å². The van der Waals surface area contributed by atoms with Gasteiger partial charge in [0.25, 0.3) is 0 Å². The van der Waals surface area contributed by atoms with Gasteiger partial charge in [-0.05, 0) is 50.3 Å². The molecule has 2 saturated heterocycles. The molecule has 1 spiro atoms. The molecule has 1 aromatic rings. The van der Waals surface area contributed by atoms with E-state index in [0.29, 0.717) is 25.0 Å². The van der Waals surface area contributed by atoms with Gasteiger partial charge in [-0.25, -0.2) is 4.79 Å². The molecule has 6 nitrogen and oxygen atoms in total. The molecule has 144 valence electrons. The van der Waals surface area contributed by atoms with Crippen molar-refractivity contribution in [2.45, 2.75) is 49.3 Å². The Morgan fingerprint density at radius 2 is 2.19 bits per heavy atom. The van der Waals surface area contributed by atoms with Crippen LogP contribution in [0.3, 0.4) is 0 Å². The number of ether oxygens (including phenoxy) is 1. The highest BCUT2D eigenvalue weighted by molar-refractivity contribution is 5.93. The first-order valence-corrected chi connectivity index (χ1v) is 9.74. The number of piperidine rings is 1. The summed E-state index contributed by atoms with van der Waals surface area (Å²) in [5, 5.41) is 24.8. The van der Waals surface area contributed by atoms with Crippen LogP contribution in [-0.2, 0) is 14.9 Å². The summed E-state index contributed by atoms with van der Waals surface area (Å²) in [5.41, 5.74) is 2.57. The molecule has 3 aliphatic heterocycles. The van der Waals surface area contributed by atoms with Crippen LogP contribution in [0.5, 0.6) is 0 Å². The summed E-state index contributed by atoms with van der Waals surface area (Å²) in [6.45, 7) is 2.96. The Kier molecular flexibility index (Phi) is 3.55. The highest BCUT2D eigenvalue weighted by atomic mass is 16.5. The number of para-hydroxylation sites is 1. The maximum absolute atomic E-state index is 12.7. The normalized spacial score (nSPS) is 37.9. The number of anilines is 1. The molecule has 1 aliphatic carbocycles. The van der Waals surface area contributed by atoms with Gasteiger partial charge in [0.15, 0.2) is 0 Å². The lowest BCUT2D eigenvalue weighted by atomic mass is 9.60. The van der Waals surface area contributed by atoms with Gasteiger partial charge < -0.3 is 20.3 Å². The fourth-order valence-electron chi connectivity index (χ4n) is 6.21. The van der Waals surface area contributed by atoms with Gasteiger partial charge >= 0.3 is 5.97 Å². The Labute approximate surface area is 158 Å². The van der Waals surface area contributed by atoms with E-state index in [1.54, 1.807) is 6.92 Å². The fourth-order valence-corrected chi connectivity index (χ4v) is 6.21. The SMILES string of the molecule is COC(=O)C1=C2Nc3ccccc3C23CCN2CC(O)(C(C)O)CC(C1)C23. The minimum atomic E-state index is -1.14. The highest BCUT2D eigenvalue weighted by Crippen LogP contribution is 2.61. The van der Waals surface area contributed by atoms with Gasteiger partial charge in [0.2, 0.25) is 0 Å². The lowest BCUT2D eigenvalue weighted by molar-refractivity contribution is -0.142. The van der Waals surface area contributed by atoms with Crippen LogP contribution in [0.15, 0.2) is 35.5 Å². The predicted octanol–water partition coefficient (Wildman–Crippen LogP) is 1.39. The van der Waals surface area contributed by atoms with Crippen LogP contribution in [-0.4, -0.2) is 59.0 Å². The van der Waals surface area contributed by atoms with Crippen molar-refractivity contribution in [1.82, 2.24) is 4.90 Å². The lowest BCUT2D eigenvalue weighted by Gasteiger charge is -2.53. The number of nitrogens with one attached hydrogen (secondary N) is 1. The Morgan fingerprint density at radius 3 is 2.93 bits per heavy atom. The number of carbonyl (C=O) groups is 1. The molecule has 5 rings (SSSR count). The van der Waals surface area contributed by atoms with Gasteiger partial charge in [-0.3, -0.25) is 4.90 Å². The van der Waals surface area contributed by atoms with Crippen molar-refractivity contribution in [3.8, 4) is 0 Å². The average Bonchev–Trinajstić information content (AvgIpc) is 3.20. The number of hydrogen-bond acceptors (Lipinski definition) is 6. The van der Waals surface area contributed by atoms with Gasteiger partial charge in [-0.15, -0.1) is 0 Å². The molecule has 0 radical (unpaired) electrons. The molecule has 0 aromatic heterocycles. The summed E-state index contributed by atoms with van der Waals surface area (Å²) in [7, 11) is 1.42. The Bertz CT molecular complexity index is 850. The zero-order valence-electron chi connectivity index (χ0n) is 15.7. The lowest BCUT2D eigenvalue weighted by Crippen LogP contribution is -2.63. The molecule has 5 unspecified atom stereocenters. The topological polar surface area (TPSA) is 82.0 Å². The number of fused-ring (bicyclic) bond motifs is 1. The first-order valence-electron chi connectivity index (χ1n) is 9.74. The van der Waals surface area contributed by atoms with Crippen LogP contribution in [0.1, 0.15) is 31.7 Å². The van der Waals surface area contributed by atoms with Crippen molar-refractivity contribution in [2.24, 2.45) is 5.92 Å². The van der Waals surface area contributed by atoms with E-state index in [9.17, 15) is 15.0 Å². The summed E-state index contributed by atoms with van der Waals surface area (Å²) in [4.78, 5) is 15.0. The van der Waals surface area contributed by atoms with Crippen molar-refractivity contribution in [2.75, 3.05) is 25.5 Å². The number of benzene rings is 1. The van der Waals surface area contributed by atoms with Crippen molar-refractivity contribution >= 4 is 11.7 Å². The van der Waals surface area contributed by atoms with Crippen molar-refractivity contribution in [3.63, 3.8) is 0 Å². The van der Waals surface area contributed by atoms with E-state index in [0.717, 1.165) is 24.4 Å². The number of methoxy groups -OCH3 is 1. The zero-order valence-corrected chi connectivity index (χ0v) is 15.7. The van der Waals surface area contributed by atoms with E-state index in [2.05, 4.69) is 28.4 Å². The molecule has 0 saturated carbocycles. The van der Waals surface area contributed by atoms with Crippen LogP contribution in [0.25, 0.3) is 0 Å². The number of rotatable bonds is 2. The number of esters is 1. The molecule has 4 aliphatic rings. The standard InChI is InChI=1S/C21H26N2O4/c1-12(24)20(26)10-13-9-14(19(25)27-2)17-21(7-8-23(11-20)18(13)21)15-5-3-4-6-16(15)22-17/h3-6,12-13,18,22,24,26H,7-11H2,1-2H3. The Morgan fingerprint density at radius 1 is 1.41 bits per heavy atom. The highest BCUT2D eigenvalue weighted by Gasteiger charge is 2.64. The third-order valence-corrected chi connectivity index (χ3v) is 7.32. The predicted molar refractivity (Wildman–Crippen MR) is 100 cm³/mol. The molecule has 0 bridgehead atoms. The maximum Gasteiger partial charge on any atom is 0.335 e. The molecule has 6 heteroatoms. The minimum Gasteiger partial charge on any atom is -0.466 e. The number of aliphatic hydroxyl groups is 2. The quantitative estimate of drug-likeness (QED) is 0.683. The second-order valence-corrected chi connectivity index (χ2v) is 8.60. The smallest absolute Gasteiger partial charge is 0.335 e. The first kappa shape index (κ1) is 17.2. The molecule has 3 heterocycles. The molecule has 3 N–H and O–H groups in total. The number of nitrogens with zero attached hydrogens (tertiary/aromatic N) is 1. The average molecular weight is 370 g/mol. The van der Waals surface area contributed by atoms with E-state index < -0.39 is 11.7 Å². The zero-order chi connectivity index (χ0) is 19.0. The van der Waals surface area contributed by atoms with Crippen LogP contribution in [0.2, 0.25) is 0 Å². The number of aliphatic hydroxyl groups excluding tert-OH is 1.